The van der Waals surface area contributed by atoms with Crippen LogP contribution in [0.4, 0.5) is 0 Å². The molecule has 1 radical (unpaired) electrons. The van der Waals surface area contributed by atoms with Crippen molar-refractivity contribution in [1.29, 1.82) is 0 Å². The molecule has 0 aromatic rings. The number of nitrogens with one attached hydrogen (secondary N) is 2. The molecule has 1 heterocycles. The van der Waals surface area contributed by atoms with Gasteiger partial charge in [0.15, 0.2) is 0 Å². The predicted octanol–water partition coefficient (Wildman–Crippen LogP) is 0.135. The van der Waals surface area contributed by atoms with Crippen LogP contribution in [-0.4, -0.2) is 31.4 Å². The van der Waals surface area contributed by atoms with E-state index in [0.29, 0.717) is 6.04 Å². The number of piperazine rings is 1. The Morgan fingerprint density at radius 1 is 1.44 bits per heavy atom. The minimum atomic E-state index is 0.635. The second-order valence-corrected chi connectivity index (χ2v) is 2.76. The van der Waals surface area contributed by atoms with Crippen LogP contribution in [0.25, 0.3) is 0 Å². The summed E-state index contributed by atoms with van der Waals surface area (Å²) in [7, 11) is 0. The summed E-state index contributed by atoms with van der Waals surface area (Å²) < 4.78 is 0. The van der Waals surface area contributed by atoms with Crippen LogP contribution in [0.5, 0.6) is 0 Å². The zero-order valence-electron chi connectivity index (χ0n) is 5.52. The van der Waals surface area contributed by atoms with E-state index in [2.05, 4.69) is 10.6 Å². The molecule has 1 unspecified atom stereocenters. The first-order chi connectivity index (χ1) is 4.43. The maximum Gasteiger partial charge on any atom is 0.0201 e. The van der Waals surface area contributed by atoms with E-state index in [1.54, 1.807) is 0 Å². The molecule has 0 aliphatic carbocycles. The van der Waals surface area contributed by atoms with Crippen LogP contribution in [0.1, 0.15) is 6.42 Å². The summed E-state index contributed by atoms with van der Waals surface area (Å²) in [5, 5.41) is 6.70. The molecule has 1 fully saturated rings. The average Bonchev–Trinajstić information content (AvgIpc) is 1.91. The summed E-state index contributed by atoms with van der Waals surface area (Å²) in [5.41, 5.74) is 0. The van der Waals surface area contributed by atoms with Gasteiger partial charge in [-0.3, -0.25) is 0 Å². The number of hydrogen-bond donors (Lipinski definition) is 2. The van der Waals surface area contributed by atoms with Gasteiger partial charge in [0.1, 0.15) is 0 Å². The first kappa shape index (κ1) is 7.38. The average molecular weight is 145 g/mol. The van der Waals surface area contributed by atoms with Crippen LogP contribution in [0, 0.1) is 0 Å². The summed E-state index contributed by atoms with van der Waals surface area (Å²) in [5.74, 6) is 0.874. The molecule has 1 aliphatic heterocycles. The molecule has 53 valence electrons. The van der Waals surface area contributed by atoms with Crippen molar-refractivity contribution < 1.29 is 0 Å². The van der Waals surface area contributed by atoms with E-state index < -0.39 is 0 Å². The van der Waals surface area contributed by atoms with Gasteiger partial charge in [-0.2, -0.15) is 0 Å². The van der Waals surface area contributed by atoms with E-state index in [1.807, 2.05) is 0 Å². The molecule has 1 saturated heterocycles. The van der Waals surface area contributed by atoms with Crippen LogP contribution in [-0.2, 0) is 0 Å². The Kier molecular flexibility index (Phi) is 3.40. The molecule has 0 bridgehead atoms. The monoisotopic (exact) mass is 145 g/mol. The third-order valence-electron chi connectivity index (χ3n) is 1.59. The van der Waals surface area contributed by atoms with Gasteiger partial charge in [-0.25, -0.2) is 0 Å². The van der Waals surface area contributed by atoms with Gasteiger partial charge < -0.3 is 10.6 Å². The first-order valence-electron chi connectivity index (χ1n) is 3.45. The Bertz CT molecular complexity index is 68.7. The summed E-state index contributed by atoms with van der Waals surface area (Å²) in [6.45, 7) is 3.30. The highest BCUT2D eigenvalue weighted by molar-refractivity contribution is 7.80. The fraction of sp³-hybridized carbons (Fsp3) is 1.00. The van der Waals surface area contributed by atoms with E-state index in [1.165, 1.54) is 0 Å². The van der Waals surface area contributed by atoms with Crippen molar-refractivity contribution in [3.05, 3.63) is 0 Å². The summed E-state index contributed by atoms with van der Waals surface area (Å²) in [6, 6.07) is 0.635. The second-order valence-electron chi connectivity index (χ2n) is 2.35. The fourth-order valence-corrected chi connectivity index (χ4v) is 1.34. The SMILES string of the molecule is [S]CCC1CNCCN1. The van der Waals surface area contributed by atoms with E-state index in [-0.39, 0.29) is 0 Å². The van der Waals surface area contributed by atoms with Crippen LogP contribution in [0.3, 0.4) is 0 Å². The van der Waals surface area contributed by atoms with Gasteiger partial charge in [0.05, 0.1) is 0 Å². The van der Waals surface area contributed by atoms with Gasteiger partial charge in [-0.15, -0.1) is 0 Å². The van der Waals surface area contributed by atoms with Crippen LogP contribution in [0.2, 0.25) is 0 Å². The molecular weight excluding hydrogens is 132 g/mol. The molecule has 2 N–H and O–H groups in total. The van der Waals surface area contributed by atoms with E-state index in [9.17, 15) is 0 Å². The van der Waals surface area contributed by atoms with Crippen molar-refractivity contribution >= 4 is 12.6 Å². The van der Waals surface area contributed by atoms with Crippen molar-refractivity contribution in [2.75, 3.05) is 25.4 Å². The highest BCUT2D eigenvalue weighted by Crippen LogP contribution is 1.94. The molecule has 2 nitrogen and oxygen atoms in total. The minimum Gasteiger partial charge on any atom is -0.314 e. The van der Waals surface area contributed by atoms with Gasteiger partial charge in [0.25, 0.3) is 0 Å². The molecule has 9 heavy (non-hydrogen) atoms. The molecule has 0 saturated carbocycles. The topological polar surface area (TPSA) is 24.1 Å². The number of rotatable bonds is 2. The lowest BCUT2D eigenvalue weighted by molar-refractivity contribution is 0.412. The normalized spacial score (nSPS) is 28.3. The molecule has 1 atom stereocenters. The zero-order valence-corrected chi connectivity index (χ0v) is 6.34. The van der Waals surface area contributed by atoms with Gasteiger partial charge in [0, 0.05) is 31.4 Å². The van der Waals surface area contributed by atoms with Crippen molar-refractivity contribution in [3.8, 4) is 0 Å². The summed E-state index contributed by atoms with van der Waals surface area (Å²) in [6.07, 6.45) is 1.13. The van der Waals surface area contributed by atoms with Crippen LogP contribution >= 0.6 is 12.6 Å². The fourth-order valence-electron chi connectivity index (χ4n) is 1.06. The molecule has 0 spiro atoms. The van der Waals surface area contributed by atoms with Gasteiger partial charge in [-0.1, -0.05) is 12.6 Å². The van der Waals surface area contributed by atoms with Crippen LogP contribution < -0.4 is 10.6 Å². The summed E-state index contributed by atoms with van der Waals surface area (Å²) >= 11 is 4.87. The van der Waals surface area contributed by atoms with Gasteiger partial charge >= 0.3 is 0 Å². The Labute approximate surface area is 61.8 Å². The Hall–Kier alpha value is 0.270. The molecule has 0 amide bonds. The lowest BCUT2D eigenvalue weighted by atomic mass is 10.2. The highest BCUT2D eigenvalue weighted by atomic mass is 32.1. The third kappa shape index (κ3) is 2.56. The molecular formula is C6H13N2S. The minimum absolute atomic E-state index is 0.635. The molecule has 1 aliphatic rings. The quantitative estimate of drug-likeness (QED) is 0.577. The maximum absolute atomic E-state index is 4.87. The van der Waals surface area contributed by atoms with Crippen molar-refractivity contribution in [3.63, 3.8) is 0 Å². The Morgan fingerprint density at radius 3 is 2.89 bits per heavy atom. The second kappa shape index (κ2) is 4.14. The highest BCUT2D eigenvalue weighted by Gasteiger charge is 2.09. The van der Waals surface area contributed by atoms with E-state index in [4.69, 9.17) is 12.6 Å². The van der Waals surface area contributed by atoms with E-state index >= 15 is 0 Å². The largest absolute Gasteiger partial charge is 0.314 e. The van der Waals surface area contributed by atoms with Crippen LogP contribution in [0.15, 0.2) is 0 Å². The molecule has 0 aromatic heterocycles. The lowest BCUT2D eigenvalue weighted by Gasteiger charge is -2.23. The Morgan fingerprint density at radius 2 is 2.33 bits per heavy atom. The van der Waals surface area contributed by atoms with E-state index in [0.717, 1.165) is 31.8 Å². The predicted molar refractivity (Wildman–Crippen MR) is 41.7 cm³/mol. The third-order valence-corrected chi connectivity index (χ3v) is 1.83. The zero-order chi connectivity index (χ0) is 6.53. The molecule has 0 aromatic carbocycles. The van der Waals surface area contributed by atoms with Crippen molar-refractivity contribution in [2.45, 2.75) is 12.5 Å². The first-order valence-corrected chi connectivity index (χ1v) is 4.03. The summed E-state index contributed by atoms with van der Waals surface area (Å²) in [4.78, 5) is 0. The standard InChI is InChI=1S/C6H13N2S/c9-4-1-6-5-7-2-3-8-6/h6-8H,1-5H2. The van der Waals surface area contributed by atoms with Crippen molar-refractivity contribution in [1.82, 2.24) is 10.6 Å². The number of hydrogen-bond acceptors (Lipinski definition) is 2. The van der Waals surface area contributed by atoms with Crippen molar-refractivity contribution in [2.24, 2.45) is 0 Å². The Balaban J connectivity index is 2.08. The van der Waals surface area contributed by atoms with Gasteiger partial charge in [-0.05, 0) is 6.42 Å². The smallest absolute Gasteiger partial charge is 0.0201 e. The lowest BCUT2D eigenvalue weighted by Crippen LogP contribution is -2.48. The molecule has 1 rings (SSSR count). The maximum atomic E-state index is 4.87. The van der Waals surface area contributed by atoms with Gasteiger partial charge in [0.2, 0.25) is 0 Å². The molecule has 3 heteroatoms.